The molecule has 2 N–H and O–H groups in total. The smallest absolute Gasteiger partial charge is 0.306 e. The Morgan fingerprint density at radius 1 is 0.676 bits per heavy atom. The molecule has 0 saturated carbocycles. The van der Waals surface area contributed by atoms with Crippen molar-refractivity contribution in [2.45, 2.75) is 64.7 Å². The fourth-order valence-electron chi connectivity index (χ4n) is 4.26. The summed E-state index contributed by atoms with van der Waals surface area (Å²) >= 11 is 0. The summed E-state index contributed by atoms with van der Waals surface area (Å²) in [6, 6.07) is 30.4. The number of ketones is 1. The molecule has 4 heteroatoms. The fraction of sp³-hybridized carbons (Fsp3) is 0.394. The van der Waals surface area contributed by atoms with Crippen molar-refractivity contribution >= 4 is 11.8 Å². The first-order valence-electron chi connectivity index (χ1n) is 13.4. The average Bonchev–Trinajstić information content (AvgIpc) is 2.93. The Hall–Kier alpha value is -3.24. The maximum Gasteiger partial charge on any atom is 0.306 e. The van der Waals surface area contributed by atoms with E-state index in [2.05, 4.69) is 36.4 Å². The molecule has 4 nitrogen and oxygen atoms in total. The molecule has 0 saturated heterocycles. The van der Waals surface area contributed by atoms with Gasteiger partial charge in [-0.3, -0.25) is 9.59 Å². The Kier molecular flexibility index (Phi) is 14.0. The molecule has 0 bridgehead atoms. The Morgan fingerprint density at radius 2 is 1.11 bits per heavy atom. The van der Waals surface area contributed by atoms with Crippen LogP contribution in [0.25, 0.3) is 0 Å². The van der Waals surface area contributed by atoms with Crippen LogP contribution in [0.2, 0.25) is 0 Å². The quantitative estimate of drug-likeness (QED) is 0.246. The van der Waals surface area contributed by atoms with E-state index < -0.39 is 5.97 Å². The largest absolute Gasteiger partial charge is 0.481 e. The number of rotatable bonds is 14. The summed E-state index contributed by atoms with van der Waals surface area (Å²) < 4.78 is 0. The molecule has 0 heterocycles. The molecule has 0 aliphatic heterocycles. The van der Waals surface area contributed by atoms with Crippen LogP contribution in [-0.2, 0) is 22.4 Å². The SMILES string of the molecule is C[C@@H](CCCc1ccccc1)C(=O)C[C@@H](CO)c1ccccc1.C[C@@H](CCCc1ccccc1)C(=O)O. The molecule has 3 aromatic rings. The standard InChI is InChI=1S/C21H26O2.C12H16O2/c1-17(9-8-12-18-10-4-2-5-11-18)21(23)15-20(16-22)19-13-6-3-7-14-19;1-10(12(13)14)6-5-9-11-7-3-2-4-8-11/h2-7,10-11,13-14,17,20,22H,8-9,12,15-16H2,1H3;2-4,7-8,10H,5-6,9H2,1H3,(H,13,14)/t17-,20-;10-/m00/s1. The van der Waals surface area contributed by atoms with Crippen molar-refractivity contribution < 1.29 is 19.8 Å². The van der Waals surface area contributed by atoms with Gasteiger partial charge in [-0.15, -0.1) is 0 Å². The Bertz CT molecular complexity index is 1020. The number of hydrogen-bond acceptors (Lipinski definition) is 3. The van der Waals surface area contributed by atoms with Gasteiger partial charge in [-0.1, -0.05) is 105 Å². The highest BCUT2D eigenvalue weighted by Gasteiger charge is 2.19. The average molecular weight is 503 g/mol. The Morgan fingerprint density at radius 3 is 1.54 bits per heavy atom. The van der Waals surface area contributed by atoms with Gasteiger partial charge in [0.2, 0.25) is 0 Å². The molecular formula is C33H42O4. The summed E-state index contributed by atoms with van der Waals surface area (Å²) in [6.45, 7) is 3.78. The van der Waals surface area contributed by atoms with Crippen LogP contribution in [0.15, 0.2) is 91.0 Å². The fourth-order valence-corrected chi connectivity index (χ4v) is 4.26. The maximum absolute atomic E-state index is 12.4. The number of aryl methyl sites for hydroxylation is 2. The van der Waals surface area contributed by atoms with Crippen LogP contribution in [0.3, 0.4) is 0 Å². The molecule has 0 aliphatic carbocycles. The number of carboxylic acids is 1. The Balaban J connectivity index is 0.000000294. The van der Waals surface area contributed by atoms with Crippen molar-refractivity contribution in [3.8, 4) is 0 Å². The number of Topliss-reactive ketones (excluding diaryl/α,β-unsaturated/α-hetero) is 1. The molecule has 198 valence electrons. The van der Waals surface area contributed by atoms with Crippen molar-refractivity contribution in [2.75, 3.05) is 6.61 Å². The van der Waals surface area contributed by atoms with Gasteiger partial charge in [0, 0.05) is 18.3 Å². The second kappa shape index (κ2) is 17.3. The van der Waals surface area contributed by atoms with Gasteiger partial charge in [0.1, 0.15) is 5.78 Å². The van der Waals surface area contributed by atoms with Crippen LogP contribution in [0.1, 0.15) is 68.6 Å². The number of hydrogen-bond donors (Lipinski definition) is 2. The number of benzene rings is 3. The summed E-state index contributed by atoms with van der Waals surface area (Å²) in [6.07, 6.45) is 6.03. The van der Waals surface area contributed by atoms with Gasteiger partial charge in [0.25, 0.3) is 0 Å². The lowest BCUT2D eigenvalue weighted by molar-refractivity contribution is -0.141. The van der Waals surface area contributed by atoms with E-state index in [1.807, 2.05) is 61.5 Å². The van der Waals surface area contributed by atoms with Crippen LogP contribution in [-0.4, -0.2) is 28.6 Å². The van der Waals surface area contributed by atoms with E-state index in [-0.39, 0.29) is 30.1 Å². The van der Waals surface area contributed by atoms with Crippen LogP contribution < -0.4 is 0 Å². The van der Waals surface area contributed by atoms with E-state index in [4.69, 9.17) is 5.11 Å². The molecule has 0 aliphatic rings. The first-order chi connectivity index (χ1) is 17.9. The lowest BCUT2D eigenvalue weighted by Crippen LogP contribution is -2.17. The van der Waals surface area contributed by atoms with Crippen molar-refractivity contribution in [1.82, 2.24) is 0 Å². The molecule has 0 amide bonds. The van der Waals surface area contributed by atoms with Crippen molar-refractivity contribution in [3.63, 3.8) is 0 Å². The van der Waals surface area contributed by atoms with Crippen molar-refractivity contribution in [3.05, 3.63) is 108 Å². The summed E-state index contributed by atoms with van der Waals surface area (Å²) in [7, 11) is 0. The topological polar surface area (TPSA) is 74.6 Å². The van der Waals surface area contributed by atoms with E-state index in [9.17, 15) is 14.7 Å². The molecule has 0 radical (unpaired) electrons. The van der Waals surface area contributed by atoms with Crippen LogP contribution in [0, 0.1) is 11.8 Å². The third kappa shape index (κ3) is 12.0. The van der Waals surface area contributed by atoms with Crippen molar-refractivity contribution in [1.29, 1.82) is 0 Å². The van der Waals surface area contributed by atoms with Crippen molar-refractivity contribution in [2.24, 2.45) is 11.8 Å². The van der Waals surface area contributed by atoms with Gasteiger partial charge in [0.05, 0.1) is 12.5 Å². The van der Waals surface area contributed by atoms with Gasteiger partial charge >= 0.3 is 5.97 Å². The zero-order chi connectivity index (χ0) is 26.9. The molecule has 0 aromatic heterocycles. The van der Waals surface area contributed by atoms with Gasteiger partial charge in [0.15, 0.2) is 0 Å². The second-order valence-electron chi connectivity index (χ2n) is 9.86. The number of aliphatic hydroxyl groups excluding tert-OH is 1. The van der Waals surface area contributed by atoms with Crippen LogP contribution in [0.5, 0.6) is 0 Å². The van der Waals surface area contributed by atoms with Gasteiger partial charge in [-0.25, -0.2) is 0 Å². The molecule has 0 fully saturated rings. The number of carbonyl (C=O) groups is 2. The van der Waals surface area contributed by atoms with Gasteiger partial charge in [-0.05, 0) is 55.2 Å². The third-order valence-corrected chi connectivity index (χ3v) is 6.80. The molecule has 3 rings (SSSR count). The predicted molar refractivity (Wildman–Crippen MR) is 151 cm³/mol. The van der Waals surface area contributed by atoms with E-state index in [1.54, 1.807) is 6.92 Å². The van der Waals surface area contributed by atoms with E-state index in [1.165, 1.54) is 11.1 Å². The predicted octanol–water partition coefficient (Wildman–Crippen LogP) is 7.11. The molecule has 37 heavy (non-hydrogen) atoms. The second-order valence-corrected chi connectivity index (χ2v) is 9.86. The first-order valence-corrected chi connectivity index (χ1v) is 13.4. The van der Waals surface area contributed by atoms with E-state index in [0.29, 0.717) is 6.42 Å². The molecule has 3 atom stereocenters. The minimum absolute atomic E-state index is 0.0203. The summed E-state index contributed by atoms with van der Waals surface area (Å²) in [5.41, 5.74) is 3.65. The van der Waals surface area contributed by atoms with E-state index >= 15 is 0 Å². The molecule has 3 aromatic carbocycles. The number of carboxylic acid groups (broad SMARTS) is 1. The highest BCUT2D eigenvalue weighted by Crippen LogP contribution is 2.23. The molecule has 0 unspecified atom stereocenters. The Labute approximate surface area is 222 Å². The molecule has 0 spiro atoms. The number of carbonyl (C=O) groups excluding carboxylic acids is 1. The first kappa shape index (κ1) is 30.0. The highest BCUT2D eigenvalue weighted by atomic mass is 16.4. The van der Waals surface area contributed by atoms with Crippen LogP contribution >= 0.6 is 0 Å². The van der Waals surface area contributed by atoms with Gasteiger partial charge in [-0.2, -0.15) is 0 Å². The number of aliphatic carboxylic acids is 1. The minimum atomic E-state index is -0.696. The highest BCUT2D eigenvalue weighted by molar-refractivity contribution is 5.81. The summed E-state index contributed by atoms with van der Waals surface area (Å²) in [5, 5.41) is 18.3. The normalized spacial score (nSPS) is 13.1. The third-order valence-electron chi connectivity index (χ3n) is 6.80. The van der Waals surface area contributed by atoms with Crippen LogP contribution in [0.4, 0.5) is 0 Å². The summed E-state index contributed by atoms with van der Waals surface area (Å²) in [4.78, 5) is 23.0. The summed E-state index contributed by atoms with van der Waals surface area (Å²) in [5.74, 6) is -0.700. The minimum Gasteiger partial charge on any atom is -0.481 e. The maximum atomic E-state index is 12.4. The number of aliphatic hydroxyl groups is 1. The zero-order valence-corrected chi connectivity index (χ0v) is 22.3. The zero-order valence-electron chi connectivity index (χ0n) is 22.3. The molecular weight excluding hydrogens is 460 g/mol. The monoisotopic (exact) mass is 502 g/mol. The lowest BCUT2D eigenvalue weighted by Gasteiger charge is -2.17. The van der Waals surface area contributed by atoms with Gasteiger partial charge < -0.3 is 10.2 Å². The lowest BCUT2D eigenvalue weighted by atomic mass is 9.88. The van der Waals surface area contributed by atoms with E-state index in [0.717, 1.165) is 44.1 Å².